The van der Waals surface area contributed by atoms with Gasteiger partial charge in [0.15, 0.2) is 11.8 Å². The normalized spacial score (nSPS) is 10.9. The van der Waals surface area contributed by atoms with E-state index in [0.717, 1.165) is 16.9 Å². The van der Waals surface area contributed by atoms with Crippen molar-refractivity contribution in [2.45, 2.75) is 32.0 Å². The van der Waals surface area contributed by atoms with Gasteiger partial charge in [-0.3, -0.25) is 4.79 Å². The first-order valence-electron chi connectivity index (χ1n) is 12.6. The topological polar surface area (TPSA) is 92.8 Å². The van der Waals surface area contributed by atoms with Gasteiger partial charge in [-0.25, -0.2) is 4.79 Å². The van der Waals surface area contributed by atoms with Crippen LogP contribution < -0.4 is 18.9 Å². The molecule has 0 fully saturated rings. The van der Waals surface area contributed by atoms with E-state index in [1.165, 1.54) is 0 Å². The van der Waals surface area contributed by atoms with E-state index in [0.29, 0.717) is 29.4 Å². The second-order valence-corrected chi connectivity index (χ2v) is 9.89. The maximum atomic E-state index is 13.6. The zero-order chi connectivity index (χ0) is 28.8. The van der Waals surface area contributed by atoms with E-state index in [-0.39, 0.29) is 13.2 Å². The van der Waals surface area contributed by atoms with Gasteiger partial charge in [0.2, 0.25) is 0 Å². The number of carbonyl (C=O) groups excluding carboxylic acids is 2. The van der Waals surface area contributed by atoms with E-state index in [1.54, 1.807) is 62.8 Å². The number of rotatable bonds is 15. The highest BCUT2D eigenvalue weighted by atomic mass is 32.4. The summed E-state index contributed by atoms with van der Waals surface area (Å²) in [4.78, 5) is 27.5. The molecule has 0 aromatic heterocycles. The Bertz CT molecular complexity index is 1180. The molecule has 1 unspecified atom stereocenters. The predicted molar refractivity (Wildman–Crippen MR) is 155 cm³/mol. The van der Waals surface area contributed by atoms with E-state index in [2.05, 4.69) is 0 Å². The fraction of sp³-hybridized carbons (Fsp3) is 0.310. The highest BCUT2D eigenvalue weighted by molar-refractivity contribution is 7.97. The van der Waals surface area contributed by atoms with Gasteiger partial charge in [-0.05, 0) is 60.5 Å². The Morgan fingerprint density at radius 1 is 0.800 bits per heavy atom. The molecule has 9 nitrogen and oxygen atoms in total. The van der Waals surface area contributed by atoms with E-state index >= 15 is 0 Å². The van der Waals surface area contributed by atoms with Gasteiger partial charge in [0, 0.05) is 0 Å². The van der Waals surface area contributed by atoms with Crippen molar-refractivity contribution in [3.8, 4) is 23.0 Å². The molecule has 0 bridgehead atoms. The van der Waals surface area contributed by atoms with Crippen molar-refractivity contribution in [2.24, 2.45) is 0 Å². The predicted octanol–water partition coefficient (Wildman–Crippen LogP) is 5.90. The Kier molecular flexibility index (Phi) is 12.0. The van der Waals surface area contributed by atoms with Crippen LogP contribution in [0.1, 0.15) is 25.3 Å². The summed E-state index contributed by atoms with van der Waals surface area (Å²) in [7, 11) is 2.50. The summed E-state index contributed by atoms with van der Waals surface area (Å²) in [6.45, 7) is 1.63. The summed E-state index contributed by atoms with van der Waals surface area (Å²) < 4.78 is 34.0. The second kappa shape index (κ2) is 15.6. The highest BCUT2D eigenvalue weighted by Crippen LogP contribution is 2.36. The molecule has 212 valence electrons. The lowest BCUT2D eigenvalue weighted by molar-refractivity contribution is -0.164. The van der Waals surface area contributed by atoms with Gasteiger partial charge in [0.1, 0.15) is 36.1 Å². The monoisotopic (exact) mass is 586 g/mol. The van der Waals surface area contributed by atoms with Crippen LogP contribution in [0.15, 0.2) is 78.9 Å². The van der Waals surface area contributed by atoms with Crippen molar-refractivity contribution < 1.29 is 38.0 Å². The van der Waals surface area contributed by atoms with Crippen LogP contribution in [0.3, 0.4) is 0 Å². The van der Waals surface area contributed by atoms with Gasteiger partial charge in [0.05, 0.1) is 20.8 Å². The van der Waals surface area contributed by atoms with Crippen LogP contribution in [0.25, 0.3) is 0 Å². The minimum Gasteiger partial charge on any atom is -0.497 e. The van der Waals surface area contributed by atoms with Gasteiger partial charge < -0.3 is 28.4 Å². The molecule has 0 aliphatic rings. The molecule has 3 aromatic carbocycles. The number of hydrogen-bond donors (Lipinski definition) is 0. The molecule has 0 saturated heterocycles. The van der Waals surface area contributed by atoms with Gasteiger partial charge in [-0.1, -0.05) is 43.7 Å². The molecule has 1 atom stereocenters. The lowest BCUT2D eigenvalue weighted by Crippen LogP contribution is -2.57. The number of methoxy groups -OCH3 is 2. The highest BCUT2D eigenvalue weighted by Gasteiger charge is 2.54. The van der Waals surface area contributed by atoms with E-state index in [4.69, 9.17) is 40.2 Å². The molecule has 0 aliphatic carbocycles. The summed E-state index contributed by atoms with van der Waals surface area (Å²) in [5.41, 5.74) is -1.17. The molecule has 40 heavy (non-hydrogen) atoms. The zero-order valence-electron chi connectivity index (χ0n) is 22.7. The number of ether oxygens (including phenoxy) is 6. The average molecular weight is 587 g/mol. The molecule has 0 spiro atoms. The molecule has 3 aromatic rings. The minimum absolute atomic E-state index is 0.0389. The number of hydrogen-bond acceptors (Lipinski definition) is 9. The quantitative estimate of drug-likeness (QED) is 0.0935. The molecular formula is C29H33NO8PS+. The van der Waals surface area contributed by atoms with Crippen molar-refractivity contribution in [3.63, 3.8) is 0 Å². The van der Waals surface area contributed by atoms with Crippen LogP contribution >= 0.6 is 7.36 Å². The molecule has 3 rings (SSSR count). The molecule has 1 amide bonds. The SMILES string of the molecule is CCCCOC(=O)CN(C(=O)OCc1ccccc1)C(Oc1ccc(OC)cc1)(Oc1ccc(OC)cc1)[PH+]=S. The Labute approximate surface area is 240 Å². The Morgan fingerprint density at radius 3 is 1.80 bits per heavy atom. The summed E-state index contributed by atoms with van der Waals surface area (Å²) >= 11 is 5.54. The van der Waals surface area contributed by atoms with Crippen molar-refractivity contribution in [1.82, 2.24) is 4.90 Å². The number of amides is 1. The smallest absolute Gasteiger partial charge is 0.497 e. The number of esters is 1. The van der Waals surface area contributed by atoms with Gasteiger partial charge in [0.25, 0.3) is 7.36 Å². The summed E-state index contributed by atoms with van der Waals surface area (Å²) in [6.07, 6.45) is 0.660. The Morgan fingerprint density at radius 2 is 1.32 bits per heavy atom. The van der Waals surface area contributed by atoms with Crippen LogP contribution in [-0.4, -0.2) is 50.0 Å². The molecular weight excluding hydrogens is 553 g/mol. The fourth-order valence-electron chi connectivity index (χ4n) is 3.43. The van der Waals surface area contributed by atoms with Gasteiger partial charge in [-0.15, -0.1) is 0 Å². The Balaban J connectivity index is 2.00. The van der Waals surface area contributed by atoms with Crippen molar-refractivity contribution in [3.05, 3.63) is 84.4 Å². The number of unbranched alkanes of at least 4 members (excludes halogenated alkanes) is 1. The van der Waals surface area contributed by atoms with Gasteiger partial charge >= 0.3 is 17.7 Å². The van der Waals surface area contributed by atoms with E-state index in [9.17, 15) is 9.59 Å². The standard InChI is InChI=1S/C29H32NO8PS/c1-4-5-19-35-27(31)20-30(28(32)36-21-22-9-7-6-8-10-22)29(39-40,37-25-15-11-23(33-2)12-16-25)38-26-17-13-24(34-3)14-18-26/h6-18H,4-5,19-21H2,1-3H3/p+1. The molecule has 0 saturated carbocycles. The molecule has 0 heterocycles. The van der Waals surface area contributed by atoms with Crippen LogP contribution in [0.4, 0.5) is 4.79 Å². The van der Waals surface area contributed by atoms with Crippen LogP contribution in [0.5, 0.6) is 23.0 Å². The average Bonchev–Trinajstić information content (AvgIpc) is 2.99. The van der Waals surface area contributed by atoms with Crippen molar-refractivity contribution in [1.29, 1.82) is 0 Å². The number of nitrogens with zero attached hydrogens (tertiary/aromatic N) is 1. The third kappa shape index (κ3) is 8.83. The van der Waals surface area contributed by atoms with E-state index < -0.39 is 31.6 Å². The minimum atomic E-state index is -1.93. The van der Waals surface area contributed by atoms with Gasteiger partial charge in [-0.2, -0.15) is 4.90 Å². The largest absolute Gasteiger partial charge is 0.525 e. The summed E-state index contributed by atoms with van der Waals surface area (Å²) in [6, 6.07) is 22.5. The first kappa shape index (κ1) is 30.7. The van der Waals surface area contributed by atoms with Crippen LogP contribution in [0, 0.1) is 0 Å². The fourth-order valence-corrected chi connectivity index (χ4v) is 4.61. The number of carbonyl (C=O) groups is 2. The zero-order valence-corrected chi connectivity index (χ0v) is 24.5. The van der Waals surface area contributed by atoms with Crippen molar-refractivity contribution >= 4 is 31.2 Å². The second-order valence-electron chi connectivity index (χ2n) is 8.44. The summed E-state index contributed by atoms with van der Waals surface area (Å²) in [5.74, 6) is 1.21. The first-order chi connectivity index (χ1) is 19.4. The molecule has 0 aliphatic heterocycles. The maximum Gasteiger partial charge on any atom is 0.525 e. The van der Waals surface area contributed by atoms with Crippen LogP contribution in [0.2, 0.25) is 0 Å². The summed E-state index contributed by atoms with van der Waals surface area (Å²) in [5, 5.41) is 0. The Hall–Kier alpha value is -3.88. The molecule has 0 radical (unpaired) electrons. The molecule has 0 N–H and O–H groups in total. The third-order valence-corrected chi connectivity index (χ3v) is 7.10. The van der Waals surface area contributed by atoms with Crippen molar-refractivity contribution in [2.75, 3.05) is 27.4 Å². The number of benzene rings is 3. The molecule has 11 heteroatoms. The maximum absolute atomic E-state index is 13.6. The lowest BCUT2D eigenvalue weighted by atomic mass is 10.2. The van der Waals surface area contributed by atoms with E-state index in [1.807, 2.05) is 37.3 Å². The third-order valence-electron chi connectivity index (χ3n) is 5.59. The van der Waals surface area contributed by atoms with Crippen LogP contribution in [-0.2, 0) is 32.7 Å². The first-order valence-corrected chi connectivity index (χ1v) is 14.8. The lowest BCUT2D eigenvalue weighted by Gasteiger charge is -2.33.